The molecule has 7 aromatic carbocycles. The van der Waals surface area contributed by atoms with Crippen LogP contribution in [0.4, 0.5) is 0 Å². The van der Waals surface area contributed by atoms with Crippen molar-refractivity contribution < 1.29 is 0 Å². The minimum Gasteiger partial charge on any atom is -0.309 e. The first-order valence-electron chi connectivity index (χ1n) is 14.5. The van der Waals surface area contributed by atoms with Crippen LogP contribution in [-0.2, 0) is 0 Å². The fourth-order valence-corrected chi connectivity index (χ4v) is 6.90. The minimum absolute atomic E-state index is 1.17. The number of aromatic nitrogens is 2. The Morgan fingerprint density at radius 1 is 0.357 bits per heavy atom. The lowest BCUT2D eigenvalue weighted by Gasteiger charge is -2.14. The lowest BCUT2D eigenvalue weighted by Crippen LogP contribution is -1.97. The zero-order valence-corrected chi connectivity index (χ0v) is 22.9. The molecule has 9 aromatic rings. The Labute approximate surface area is 243 Å². The summed E-state index contributed by atoms with van der Waals surface area (Å²) in [5, 5.41) is 7.55. The van der Waals surface area contributed by atoms with Gasteiger partial charge in [0.15, 0.2) is 0 Å². The highest BCUT2D eigenvalue weighted by Gasteiger charge is 2.19. The summed E-state index contributed by atoms with van der Waals surface area (Å²) in [5.74, 6) is 0. The second-order valence-electron chi connectivity index (χ2n) is 11.0. The predicted octanol–water partition coefficient (Wildman–Crippen LogP) is 10.7. The molecule has 0 unspecified atom stereocenters. The topological polar surface area (TPSA) is 9.86 Å². The van der Waals surface area contributed by atoms with Crippen LogP contribution in [0.3, 0.4) is 0 Å². The third-order valence-electron chi connectivity index (χ3n) is 8.70. The summed E-state index contributed by atoms with van der Waals surface area (Å²) in [5.41, 5.74) is 9.69. The van der Waals surface area contributed by atoms with Crippen molar-refractivity contribution in [2.75, 3.05) is 0 Å². The van der Waals surface area contributed by atoms with E-state index in [4.69, 9.17) is 0 Å². The van der Waals surface area contributed by atoms with Gasteiger partial charge in [0.25, 0.3) is 0 Å². The van der Waals surface area contributed by atoms with E-state index in [1.807, 2.05) is 0 Å². The SMILES string of the molecule is c1ccc(-n2c3ccccc3c3ccc(-c4cccc5c6ccccc6n(-c6cccc7ccccc67)c45)cc32)cc1. The number of fused-ring (bicyclic) bond motifs is 7. The van der Waals surface area contributed by atoms with Gasteiger partial charge in [-0.2, -0.15) is 0 Å². The quantitative estimate of drug-likeness (QED) is 0.213. The van der Waals surface area contributed by atoms with Crippen molar-refractivity contribution in [2.45, 2.75) is 0 Å². The molecule has 2 aromatic heterocycles. The van der Waals surface area contributed by atoms with Gasteiger partial charge < -0.3 is 9.13 Å². The van der Waals surface area contributed by atoms with E-state index in [0.717, 1.165) is 0 Å². The van der Waals surface area contributed by atoms with Gasteiger partial charge in [0, 0.05) is 38.2 Å². The molecule has 2 heteroatoms. The molecule has 0 bridgehead atoms. The lowest BCUT2D eigenvalue weighted by atomic mass is 10.00. The van der Waals surface area contributed by atoms with E-state index in [0.29, 0.717) is 0 Å². The summed E-state index contributed by atoms with van der Waals surface area (Å²) in [7, 11) is 0. The Balaban J connectivity index is 1.40. The molecular weight excluding hydrogens is 508 g/mol. The molecule has 2 nitrogen and oxygen atoms in total. The number of hydrogen-bond donors (Lipinski definition) is 0. The van der Waals surface area contributed by atoms with Gasteiger partial charge in [0.2, 0.25) is 0 Å². The summed E-state index contributed by atoms with van der Waals surface area (Å²) in [6.45, 7) is 0. The number of nitrogens with zero attached hydrogens (tertiary/aromatic N) is 2. The van der Waals surface area contributed by atoms with E-state index in [2.05, 4.69) is 167 Å². The second kappa shape index (κ2) is 8.95. The van der Waals surface area contributed by atoms with Gasteiger partial charge in [-0.25, -0.2) is 0 Å². The van der Waals surface area contributed by atoms with Crippen LogP contribution < -0.4 is 0 Å². The summed E-state index contributed by atoms with van der Waals surface area (Å²) < 4.78 is 4.87. The van der Waals surface area contributed by atoms with Crippen LogP contribution in [0.1, 0.15) is 0 Å². The third kappa shape index (κ3) is 3.27. The fraction of sp³-hybridized carbons (Fsp3) is 0. The van der Waals surface area contributed by atoms with Crippen LogP contribution in [0.25, 0.3) is 76.9 Å². The fourth-order valence-electron chi connectivity index (χ4n) is 6.90. The Morgan fingerprint density at radius 2 is 0.952 bits per heavy atom. The molecule has 0 saturated heterocycles. The van der Waals surface area contributed by atoms with Crippen LogP contribution in [0.15, 0.2) is 158 Å². The molecule has 0 fully saturated rings. The maximum Gasteiger partial charge on any atom is 0.0619 e. The maximum absolute atomic E-state index is 2.47. The number of benzene rings is 7. The number of para-hydroxylation sites is 4. The van der Waals surface area contributed by atoms with Gasteiger partial charge in [-0.15, -0.1) is 0 Å². The van der Waals surface area contributed by atoms with Gasteiger partial charge in [-0.3, -0.25) is 0 Å². The molecule has 2 heterocycles. The largest absolute Gasteiger partial charge is 0.309 e. The lowest BCUT2D eigenvalue weighted by molar-refractivity contribution is 1.18. The first-order valence-corrected chi connectivity index (χ1v) is 14.5. The van der Waals surface area contributed by atoms with Crippen LogP contribution in [-0.4, -0.2) is 9.13 Å². The van der Waals surface area contributed by atoms with Gasteiger partial charge in [-0.1, -0.05) is 121 Å². The van der Waals surface area contributed by atoms with Crippen molar-refractivity contribution in [3.8, 4) is 22.5 Å². The first kappa shape index (κ1) is 23.1. The molecule has 0 atom stereocenters. The average Bonchev–Trinajstić information content (AvgIpc) is 3.57. The van der Waals surface area contributed by atoms with Gasteiger partial charge >= 0.3 is 0 Å². The number of rotatable bonds is 3. The summed E-state index contributed by atoms with van der Waals surface area (Å²) in [6, 6.07) is 57.2. The molecule has 0 N–H and O–H groups in total. The summed E-state index contributed by atoms with van der Waals surface area (Å²) in [4.78, 5) is 0. The Hall–Kier alpha value is -5.60. The van der Waals surface area contributed by atoms with Crippen LogP contribution >= 0.6 is 0 Å². The highest BCUT2D eigenvalue weighted by atomic mass is 15.0. The summed E-state index contributed by atoms with van der Waals surface area (Å²) in [6.07, 6.45) is 0. The molecule has 0 aliphatic carbocycles. The first-order chi connectivity index (χ1) is 20.9. The van der Waals surface area contributed by atoms with Gasteiger partial charge in [0.05, 0.1) is 27.8 Å². The third-order valence-corrected chi connectivity index (χ3v) is 8.70. The van der Waals surface area contributed by atoms with Crippen molar-refractivity contribution in [1.29, 1.82) is 0 Å². The van der Waals surface area contributed by atoms with Crippen LogP contribution in [0.2, 0.25) is 0 Å². The van der Waals surface area contributed by atoms with E-state index in [-0.39, 0.29) is 0 Å². The Morgan fingerprint density at radius 3 is 1.79 bits per heavy atom. The van der Waals surface area contributed by atoms with Gasteiger partial charge in [-0.05, 0) is 47.3 Å². The molecular formula is C40H26N2. The van der Waals surface area contributed by atoms with E-state index in [1.165, 1.54) is 76.9 Å². The normalized spacial score (nSPS) is 11.8. The average molecular weight is 535 g/mol. The monoisotopic (exact) mass is 534 g/mol. The van der Waals surface area contributed by atoms with E-state index in [1.54, 1.807) is 0 Å². The molecule has 0 saturated carbocycles. The zero-order chi connectivity index (χ0) is 27.6. The smallest absolute Gasteiger partial charge is 0.0619 e. The maximum atomic E-state index is 2.47. The molecule has 0 aliphatic heterocycles. The van der Waals surface area contributed by atoms with E-state index in [9.17, 15) is 0 Å². The van der Waals surface area contributed by atoms with Gasteiger partial charge in [0.1, 0.15) is 0 Å². The highest BCUT2D eigenvalue weighted by molar-refractivity contribution is 6.16. The van der Waals surface area contributed by atoms with Crippen LogP contribution in [0, 0.1) is 0 Å². The van der Waals surface area contributed by atoms with E-state index >= 15 is 0 Å². The van der Waals surface area contributed by atoms with E-state index < -0.39 is 0 Å². The van der Waals surface area contributed by atoms with Crippen molar-refractivity contribution in [3.63, 3.8) is 0 Å². The second-order valence-corrected chi connectivity index (χ2v) is 11.0. The molecule has 0 aliphatic rings. The molecule has 0 radical (unpaired) electrons. The van der Waals surface area contributed by atoms with Crippen LogP contribution in [0.5, 0.6) is 0 Å². The van der Waals surface area contributed by atoms with Crippen molar-refractivity contribution in [2.24, 2.45) is 0 Å². The minimum atomic E-state index is 1.17. The Kier molecular flexibility index (Phi) is 4.93. The summed E-state index contributed by atoms with van der Waals surface area (Å²) >= 11 is 0. The molecule has 42 heavy (non-hydrogen) atoms. The predicted molar refractivity (Wildman–Crippen MR) is 178 cm³/mol. The molecule has 9 rings (SSSR count). The molecule has 0 spiro atoms. The standard InChI is InChI=1S/C40H26N2/c1-2-14-29(15-3-1)41-37-21-8-6-17-32(37)34-25-24-28(26-39(34)41)31-19-11-20-35-33-18-7-9-22-38(33)42(40(31)35)36-23-10-13-27-12-4-5-16-30(27)36/h1-26H. The molecule has 196 valence electrons. The van der Waals surface area contributed by atoms with Crippen molar-refractivity contribution in [3.05, 3.63) is 158 Å². The van der Waals surface area contributed by atoms with Crippen molar-refractivity contribution >= 4 is 54.4 Å². The molecule has 0 amide bonds. The highest BCUT2D eigenvalue weighted by Crippen LogP contribution is 2.41. The zero-order valence-electron chi connectivity index (χ0n) is 22.9. The number of hydrogen-bond acceptors (Lipinski definition) is 0. The van der Waals surface area contributed by atoms with Crippen molar-refractivity contribution in [1.82, 2.24) is 9.13 Å². The Bertz CT molecular complexity index is 2450.